The summed E-state index contributed by atoms with van der Waals surface area (Å²) in [7, 11) is 2.23. The van der Waals surface area contributed by atoms with Crippen LogP contribution in [0.5, 0.6) is 0 Å². The van der Waals surface area contributed by atoms with Gasteiger partial charge >= 0.3 is 0 Å². The number of nitrogens with zero attached hydrogens (tertiary/aromatic N) is 1. The quantitative estimate of drug-likeness (QED) is 0.857. The van der Waals surface area contributed by atoms with Crippen LogP contribution in [0.1, 0.15) is 23.1 Å². The van der Waals surface area contributed by atoms with Gasteiger partial charge in [-0.2, -0.15) is 0 Å². The molecule has 17 heavy (non-hydrogen) atoms. The van der Waals surface area contributed by atoms with Crippen LogP contribution < -0.4 is 5.32 Å². The Balaban J connectivity index is 1.88. The van der Waals surface area contributed by atoms with Crippen molar-refractivity contribution in [3.8, 4) is 0 Å². The lowest BCUT2D eigenvalue weighted by Gasteiger charge is -2.20. The molecule has 0 radical (unpaired) electrons. The Morgan fingerprint density at radius 2 is 2.12 bits per heavy atom. The summed E-state index contributed by atoms with van der Waals surface area (Å²) < 4.78 is 0. The Morgan fingerprint density at radius 1 is 1.29 bits per heavy atom. The van der Waals surface area contributed by atoms with Crippen LogP contribution in [0.2, 0.25) is 0 Å². The van der Waals surface area contributed by atoms with E-state index in [4.69, 9.17) is 0 Å². The van der Waals surface area contributed by atoms with Gasteiger partial charge in [-0.15, -0.1) is 0 Å². The van der Waals surface area contributed by atoms with E-state index in [1.807, 2.05) is 0 Å². The molecular weight excluding hydrogens is 208 g/mol. The van der Waals surface area contributed by atoms with Gasteiger partial charge in [0.15, 0.2) is 0 Å². The van der Waals surface area contributed by atoms with Gasteiger partial charge in [0.05, 0.1) is 0 Å². The molecule has 0 bridgehead atoms. The van der Waals surface area contributed by atoms with Gasteiger partial charge in [-0.05, 0) is 63.0 Å². The maximum atomic E-state index is 3.43. The number of rotatable bonds is 4. The predicted molar refractivity (Wildman–Crippen MR) is 73.2 cm³/mol. The number of hydrogen-bond acceptors (Lipinski definition) is 2. The van der Waals surface area contributed by atoms with Crippen LogP contribution in [0.4, 0.5) is 0 Å². The molecule has 0 aromatic heterocycles. The third kappa shape index (κ3) is 3.55. The first-order valence-corrected chi connectivity index (χ1v) is 6.60. The van der Waals surface area contributed by atoms with Gasteiger partial charge in [0, 0.05) is 13.1 Å². The average molecular weight is 232 g/mol. The number of benzene rings is 1. The monoisotopic (exact) mass is 232 g/mol. The van der Waals surface area contributed by atoms with E-state index in [-0.39, 0.29) is 0 Å². The molecule has 1 N–H and O–H groups in total. The molecule has 2 rings (SSSR count). The highest BCUT2D eigenvalue weighted by Gasteiger charge is 2.16. The molecule has 2 heteroatoms. The third-order valence-electron chi connectivity index (χ3n) is 3.76. The summed E-state index contributed by atoms with van der Waals surface area (Å²) in [5, 5.41) is 3.43. The Bertz CT molecular complexity index is 367. The van der Waals surface area contributed by atoms with Crippen LogP contribution in [-0.2, 0) is 6.54 Å². The molecule has 1 aliphatic rings. The van der Waals surface area contributed by atoms with Gasteiger partial charge in [0.25, 0.3) is 0 Å². The molecule has 1 fully saturated rings. The first-order chi connectivity index (χ1) is 8.15. The second kappa shape index (κ2) is 5.65. The van der Waals surface area contributed by atoms with E-state index in [2.05, 4.69) is 49.3 Å². The molecule has 1 heterocycles. The van der Waals surface area contributed by atoms with Crippen LogP contribution in [0.25, 0.3) is 0 Å². The maximum Gasteiger partial charge on any atom is 0.0230 e. The zero-order valence-electron chi connectivity index (χ0n) is 11.3. The van der Waals surface area contributed by atoms with Gasteiger partial charge < -0.3 is 10.2 Å². The van der Waals surface area contributed by atoms with Crippen LogP contribution in [0, 0.1) is 19.8 Å². The summed E-state index contributed by atoms with van der Waals surface area (Å²) in [6, 6.07) is 6.81. The fraction of sp³-hybridized carbons (Fsp3) is 0.600. The smallest absolute Gasteiger partial charge is 0.0230 e. The first-order valence-electron chi connectivity index (χ1n) is 6.60. The normalized spacial score (nSPS) is 20.1. The summed E-state index contributed by atoms with van der Waals surface area (Å²) >= 11 is 0. The van der Waals surface area contributed by atoms with Crippen LogP contribution in [0.3, 0.4) is 0 Å². The van der Waals surface area contributed by atoms with E-state index in [0.29, 0.717) is 0 Å². The molecule has 0 aliphatic carbocycles. The Hall–Kier alpha value is -0.860. The minimum atomic E-state index is 0.839. The van der Waals surface area contributed by atoms with Crippen molar-refractivity contribution in [3.05, 3.63) is 34.9 Å². The molecule has 1 aromatic carbocycles. The standard InChI is InChI=1S/C15H24N2/c1-12-4-5-14(8-13(12)2)10-17(3)11-15-6-7-16-9-15/h4-5,8,15-16H,6-7,9-11H2,1-3H3. The van der Waals surface area contributed by atoms with E-state index in [0.717, 1.165) is 12.5 Å². The molecule has 0 saturated carbocycles. The van der Waals surface area contributed by atoms with Crippen molar-refractivity contribution in [2.75, 3.05) is 26.7 Å². The molecule has 94 valence electrons. The number of hydrogen-bond donors (Lipinski definition) is 1. The van der Waals surface area contributed by atoms with Crippen molar-refractivity contribution in [2.24, 2.45) is 5.92 Å². The van der Waals surface area contributed by atoms with Crippen molar-refractivity contribution >= 4 is 0 Å². The molecule has 1 unspecified atom stereocenters. The fourth-order valence-electron chi connectivity index (χ4n) is 2.59. The van der Waals surface area contributed by atoms with Crippen molar-refractivity contribution in [3.63, 3.8) is 0 Å². The molecule has 1 saturated heterocycles. The minimum Gasteiger partial charge on any atom is -0.316 e. The van der Waals surface area contributed by atoms with Gasteiger partial charge in [-0.1, -0.05) is 18.2 Å². The molecule has 1 aliphatic heterocycles. The van der Waals surface area contributed by atoms with E-state index >= 15 is 0 Å². The highest BCUT2D eigenvalue weighted by Crippen LogP contribution is 2.14. The summed E-state index contributed by atoms with van der Waals surface area (Å²) in [5.41, 5.74) is 4.22. The number of aryl methyl sites for hydroxylation is 2. The molecular formula is C15H24N2. The van der Waals surface area contributed by atoms with Crippen molar-refractivity contribution < 1.29 is 0 Å². The first kappa shape index (κ1) is 12.6. The van der Waals surface area contributed by atoms with Gasteiger partial charge in [0.1, 0.15) is 0 Å². The van der Waals surface area contributed by atoms with Gasteiger partial charge in [-0.25, -0.2) is 0 Å². The van der Waals surface area contributed by atoms with E-state index < -0.39 is 0 Å². The molecule has 1 aromatic rings. The SMILES string of the molecule is Cc1ccc(CN(C)CC2CCNC2)cc1C. The van der Waals surface area contributed by atoms with Crippen LogP contribution in [-0.4, -0.2) is 31.6 Å². The average Bonchev–Trinajstić information content (AvgIpc) is 2.76. The van der Waals surface area contributed by atoms with Crippen molar-refractivity contribution in [1.82, 2.24) is 10.2 Å². The Morgan fingerprint density at radius 3 is 2.76 bits per heavy atom. The summed E-state index contributed by atoms with van der Waals surface area (Å²) in [6.07, 6.45) is 1.33. The lowest BCUT2D eigenvalue weighted by Crippen LogP contribution is -2.26. The molecule has 0 spiro atoms. The number of nitrogens with one attached hydrogen (secondary N) is 1. The largest absolute Gasteiger partial charge is 0.316 e. The van der Waals surface area contributed by atoms with Crippen molar-refractivity contribution in [1.29, 1.82) is 0 Å². The van der Waals surface area contributed by atoms with Gasteiger partial charge in [0.2, 0.25) is 0 Å². The fourth-order valence-corrected chi connectivity index (χ4v) is 2.59. The van der Waals surface area contributed by atoms with E-state index in [1.165, 1.54) is 42.7 Å². The van der Waals surface area contributed by atoms with Gasteiger partial charge in [-0.3, -0.25) is 0 Å². The summed E-state index contributed by atoms with van der Waals surface area (Å²) in [5.74, 6) is 0.839. The van der Waals surface area contributed by atoms with Crippen LogP contribution >= 0.6 is 0 Å². The lowest BCUT2D eigenvalue weighted by molar-refractivity contribution is 0.278. The highest BCUT2D eigenvalue weighted by molar-refractivity contribution is 5.29. The highest BCUT2D eigenvalue weighted by atomic mass is 15.1. The zero-order valence-corrected chi connectivity index (χ0v) is 11.3. The van der Waals surface area contributed by atoms with E-state index in [9.17, 15) is 0 Å². The topological polar surface area (TPSA) is 15.3 Å². The molecule has 0 amide bonds. The predicted octanol–water partition coefficient (Wildman–Crippen LogP) is 2.34. The third-order valence-corrected chi connectivity index (χ3v) is 3.76. The summed E-state index contributed by atoms with van der Waals surface area (Å²) in [4.78, 5) is 2.45. The molecule has 1 atom stereocenters. The summed E-state index contributed by atoms with van der Waals surface area (Å²) in [6.45, 7) is 9.03. The Labute approximate surface area is 105 Å². The van der Waals surface area contributed by atoms with Crippen LogP contribution in [0.15, 0.2) is 18.2 Å². The second-order valence-corrected chi connectivity index (χ2v) is 5.47. The minimum absolute atomic E-state index is 0.839. The maximum absolute atomic E-state index is 3.43. The lowest BCUT2D eigenvalue weighted by atomic mass is 10.1. The molecule has 2 nitrogen and oxygen atoms in total. The second-order valence-electron chi connectivity index (χ2n) is 5.47. The van der Waals surface area contributed by atoms with E-state index in [1.54, 1.807) is 0 Å². The zero-order chi connectivity index (χ0) is 12.3. The van der Waals surface area contributed by atoms with Crippen molar-refractivity contribution in [2.45, 2.75) is 26.8 Å². The Kier molecular flexibility index (Phi) is 4.19.